The molecule has 0 aliphatic carbocycles. The Morgan fingerprint density at radius 2 is 1.88 bits per heavy atom. The molecule has 0 bridgehead atoms. The standard InChI is InChI=1S/C21H26ClNO3/c1-15(26-17-9-7-8-16(22)14-17)20(24)23-12-13-25-19-11-6-5-10-18(19)21(2,3)4/h5-11,14-15H,12-13H2,1-4H3,(H,23,24)/t15-/m1/s1. The first-order chi connectivity index (χ1) is 12.3. The maximum atomic E-state index is 12.1. The summed E-state index contributed by atoms with van der Waals surface area (Å²) >= 11 is 5.92. The van der Waals surface area contributed by atoms with Gasteiger partial charge in [-0.05, 0) is 42.2 Å². The van der Waals surface area contributed by atoms with Crippen molar-refractivity contribution in [2.75, 3.05) is 13.2 Å². The van der Waals surface area contributed by atoms with Gasteiger partial charge in [-0.1, -0.05) is 56.6 Å². The molecule has 0 saturated carbocycles. The van der Waals surface area contributed by atoms with E-state index in [1.54, 1.807) is 31.2 Å². The molecule has 1 amide bonds. The average molecular weight is 376 g/mol. The number of nitrogens with one attached hydrogen (secondary N) is 1. The number of carbonyl (C=O) groups excluding carboxylic acids is 1. The SMILES string of the molecule is C[C@@H](Oc1cccc(Cl)c1)C(=O)NCCOc1ccccc1C(C)(C)C. The molecule has 0 fully saturated rings. The zero-order chi connectivity index (χ0) is 19.2. The molecule has 0 heterocycles. The first kappa shape index (κ1) is 20.1. The Morgan fingerprint density at radius 1 is 1.15 bits per heavy atom. The Kier molecular flexibility index (Phi) is 6.92. The van der Waals surface area contributed by atoms with Crippen molar-refractivity contribution in [1.29, 1.82) is 0 Å². The third kappa shape index (κ3) is 5.95. The Bertz CT molecular complexity index is 740. The topological polar surface area (TPSA) is 47.6 Å². The first-order valence-corrected chi connectivity index (χ1v) is 9.07. The molecule has 5 heteroatoms. The fourth-order valence-corrected chi connectivity index (χ4v) is 2.67. The molecule has 26 heavy (non-hydrogen) atoms. The molecule has 0 aromatic heterocycles. The van der Waals surface area contributed by atoms with Gasteiger partial charge in [-0.15, -0.1) is 0 Å². The molecule has 1 atom stereocenters. The lowest BCUT2D eigenvalue weighted by atomic mass is 9.86. The van der Waals surface area contributed by atoms with E-state index in [0.717, 1.165) is 11.3 Å². The Balaban J connectivity index is 1.80. The van der Waals surface area contributed by atoms with Crippen molar-refractivity contribution in [1.82, 2.24) is 5.32 Å². The Labute approximate surface area is 160 Å². The van der Waals surface area contributed by atoms with Crippen molar-refractivity contribution in [3.63, 3.8) is 0 Å². The summed E-state index contributed by atoms with van der Waals surface area (Å²) in [5.74, 6) is 1.21. The largest absolute Gasteiger partial charge is 0.491 e. The normalized spacial score (nSPS) is 12.3. The quantitative estimate of drug-likeness (QED) is 0.719. The molecular weight excluding hydrogens is 350 g/mol. The van der Waals surface area contributed by atoms with Crippen LogP contribution in [-0.4, -0.2) is 25.2 Å². The summed E-state index contributed by atoms with van der Waals surface area (Å²) in [6.07, 6.45) is -0.615. The van der Waals surface area contributed by atoms with Crippen LogP contribution in [0.2, 0.25) is 5.02 Å². The fraction of sp³-hybridized carbons (Fsp3) is 0.381. The third-order valence-corrected chi connectivity index (χ3v) is 4.07. The van der Waals surface area contributed by atoms with Crippen LogP contribution in [0.1, 0.15) is 33.3 Å². The highest BCUT2D eigenvalue weighted by molar-refractivity contribution is 6.30. The van der Waals surface area contributed by atoms with E-state index >= 15 is 0 Å². The van der Waals surface area contributed by atoms with Crippen molar-refractivity contribution in [3.8, 4) is 11.5 Å². The van der Waals surface area contributed by atoms with E-state index in [1.165, 1.54) is 0 Å². The Hall–Kier alpha value is -2.20. The molecule has 2 aromatic carbocycles. The van der Waals surface area contributed by atoms with E-state index in [0.29, 0.717) is 23.9 Å². The van der Waals surface area contributed by atoms with Crippen LogP contribution in [0.25, 0.3) is 0 Å². The van der Waals surface area contributed by atoms with Gasteiger partial charge < -0.3 is 14.8 Å². The predicted octanol–water partition coefficient (Wildman–Crippen LogP) is 4.60. The molecule has 2 rings (SSSR count). The second-order valence-corrected chi connectivity index (χ2v) is 7.54. The predicted molar refractivity (Wildman–Crippen MR) is 105 cm³/mol. The zero-order valence-electron chi connectivity index (χ0n) is 15.7. The van der Waals surface area contributed by atoms with Crippen LogP contribution >= 0.6 is 11.6 Å². The van der Waals surface area contributed by atoms with Gasteiger partial charge in [-0.25, -0.2) is 0 Å². The van der Waals surface area contributed by atoms with Gasteiger partial charge in [0, 0.05) is 5.02 Å². The van der Waals surface area contributed by atoms with Crippen LogP contribution in [0.15, 0.2) is 48.5 Å². The molecule has 0 aliphatic heterocycles. The molecule has 1 N–H and O–H groups in total. The lowest BCUT2D eigenvalue weighted by molar-refractivity contribution is -0.127. The van der Waals surface area contributed by atoms with E-state index in [4.69, 9.17) is 21.1 Å². The van der Waals surface area contributed by atoms with Crippen molar-refractivity contribution in [3.05, 3.63) is 59.1 Å². The highest BCUT2D eigenvalue weighted by atomic mass is 35.5. The molecule has 0 saturated heterocycles. The number of halogens is 1. The smallest absolute Gasteiger partial charge is 0.260 e. The van der Waals surface area contributed by atoms with Gasteiger partial charge in [0.15, 0.2) is 6.10 Å². The first-order valence-electron chi connectivity index (χ1n) is 8.69. The summed E-state index contributed by atoms with van der Waals surface area (Å²) in [6, 6.07) is 14.9. The van der Waals surface area contributed by atoms with Crippen LogP contribution < -0.4 is 14.8 Å². The molecular formula is C21H26ClNO3. The van der Waals surface area contributed by atoms with Gasteiger partial charge in [0.05, 0.1) is 6.54 Å². The van der Waals surface area contributed by atoms with E-state index in [-0.39, 0.29) is 11.3 Å². The maximum Gasteiger partial charge on any atom is 0.260 e. The molecule has 0 unspecified atom stereocenters. The molecule has 0 aliphatic rings. The minimum absolute atomic E-state index is 0.000840. The number of benzene rings is 2. The lowest BCUT2D eigenvalue weighted by Gasteiger charge is -2.22. The summed E-state index contributed by atoms with van der Waals surface area (Å²) in [6.45, 7) is 8.93. The minimum Gasteiger partial charge on any atom is -0.491 e. The van der Waals surface area contributed by atoms with E-state index in [1.807, 2.05) is 18.2 Å². The van der Waals surface area contributed by atoms with Gasteiger partial charge in [-0.3, -0.25) is 4.79 Å². The third-order valence-electron chi connectivity index (χ3n) is 3.83. The second kappa shape index (κ2) is 8.95. The van der Waals surface area contributed by atoms with Crippen molar-refractivity contribution >= 4 is 17.5 Å². The summed E-state index contributed by atoms with van der Waals surface area (Å²) in [4.78, 5) is 12.1. The second-order valence-electron chi connectivity index (χ2n) is 7.10. The van der Waals surface area contributed by atoms with E-state index < -0.39 is 6.10 Å². The van der Waals surface area contributed by atoms with Crippen LogP contribution in [-0.2, 0) is 10.2 Å². The van der Waals surface area contributed by atoms with Crippen molar-refractivity contribution < 1.29 is 14.3 Å². The monoisotopic (exact) mass is 375 g/mol. The van der Waals surface area contributed by atoms with Crippen molar-refractivity contribution in [2.24, 2.45) is 0 Å². The number of para-hydroxylation sites is 1. The molecule has 2 aromatic rings. The van der Waals surface area contributed by atoms with Crippen LogP contribution in [0.3, 0.4) is 0 Å². The molecule has 140 valence electrons. The zero-order valence-corrected chi connectivity index (χ0v) is 16.5. The van der Waals surface area contributed by atoms with Gasteiger partial charge in [-0.2, -0.15) is 0 Å². The fourth-order valence-electron chi connectivity index (χ4n) is 2.49. The van der Waals surface area contributed by atoms with E-state index in [2.05, 4.69) is 32.2 Å². The number of amides is 1. The van der Waals surface area contributed by atoms with Gasteiger partial charge in [0.2, 0.25) is 0 Å². The van der Waals surface area contributed by atoms with Crippen LogP contribution in [0, 0.1) is 0 Å². The van der Waals surface area contributed by atoms with Crippen molar-refractivity contribution in [2.45, 2.75) is 39.2 Å². The molecule has 0 spiro atoms. The number of carbonyl (C=O) groups is 1. The lowest BCUT2D eigenvalue weighted by Crippen LogP contribution is -2.38. The summed E-state index contributed by atoms with van der Waals surface area (Å²) < 4.78 is 11.5. The van der Waals surface area contributed by atoms with Gasteiger partial charge in [0.1, 0.15) is 18.1 Å². The molecule has 4 nitrogen and oxygen atoms in total. The highest BCUT2D eigenvalue weighted by Gasteiger charge is 2.18. The van der Waals surface area contributed by atoms with Gasteiger partial charge in [0.25, 0.3) is 5.91 Å². The average Bonchev–Trinajstić information content (AvgIpc) is 2.58. The van der Waals surface area contributed by atoms with Crippen LogP contribution in [0.5, 0.6) is 11.5 Å². The van der Waals surface area contributed by atoms with E-state index in [9.17, 15) is 4.79 Å². The molecule has 0 radical (unpaired) electrons. The highest BCUT2D eigenvalue weighted by Crippen LogP contribution is 2.30. The minimum atomic E-state index is -0.615. The summed E-state index contributed by atoms with van der Waals surface area (Å²) in [7, 11) is 0. The van der Waals surface area contributed by atoms with Crippen LogP contribution in [0.4, 0.5) is 0 Å². The number of rotatable bonds is 7. The summed E-state index contributed by atoms with van der Waals surface area (Å²) in [5, 5.41) is 3.39. The Morgan fingerprint density at radius 3 is 2.58 bits per heavy atom. The summed E-state index contributed by atoms with van der Waals surface area (Å²) in [5.41, 5.74) is 1.14. The number of hydrogen-bond acceptors (Lipinski definition) is 3. The number of hydrogen-bond donors (Lipinski definition) is 1. The maximum absolute atomic E-state index is 12.1. The van der Waals surface area contributed by atoms with Gasteiger partial charge >= 0.3 is 0 Å². The number of ether oxygens (including phenoxy) is 2.